The van der Waals surface area contributed by atoms with E-state index in [0.717, 1.165) is 6.42 Å². The number of hydrogen-bond donors (Lipinski definition) is 2. The lowest BCUT2D eigenvalue weighted by Gasteiger charge is -2.21. The number of nitrogens with two attached hydrogens (primary N) is 1. The first-order valence-corrected chi connectivity index (χ1v) is 13.6. The second-order valence-electron chi connectivity index (χ2n) is 9.30. The highest BCUT2D eigenvalue weighted by Gasteiger charge is 2.14. The first kappa shape index (κ1) is 30.6. The normalized spacial score (nSPS) is 13.3. The predicted molar refractivity (Wildman–Crippen MR) is 140 cm³/mol. The van der Waals surface area contributed by atoms with Gasteiger partial charge in [-0.05, 0) is 18.9 Å². The van der Waals surface area contributed by atoms with E-state index < -0.39 is 11.8 Å². The SMILES string of the molecule is [CH2]CC(CO[C@H](CO)Cn1ccc(N)nc1=O)OCCCCCCCCCCCCCCCC. The number of hydrogen-bond acceptors (Lipinski definition) is 6. The van der Waals surface area contributed by atoms with Gasteiger partial charge in [-0.15, -0.1) is 0 Å². The minimum Gasteiger partial charge on any atom is -0.394 e. The van der Waals surface area contributed by atoms with Crippen molar-refractivity contribution in [1.29, 1.82) is 0 Å². The summed E-state index contributed by atoms with van der Waals surface area (Å²) in [7, 11) is 0. The molecule has 0 saturated heterocycles. The molecule has 197 valence electrons. The van der Waals surface area contributed by atoms with Crippen molar-refractivity contribution in [1.82, 2.24) is 9.55 Å². The molecule has 0 spiro atoms. The molecule has 1 aromatic heterocycles. The zero-order chi connectivity index (χ0) is 24.9. The third kappa shape index (κ3) is 15.5. The van der Waals surface area contributed by atoms with Crippen molar-refractivity contribution in [3.8, 4) is 0 Å². The van der Waals surface area contributed by atoms with Crippen LogP contribution in [0.3, 0.4) is 0 Å². The van der Waals surface area contributed by atoms with Gasteiger partial charge in [0.25, 0.3) is 0 Å². The summed E-state index contributed by atoms with van der Waals surface area (Å²) < 4.78 is 13.1. The van der Waals surface area contributed by atoms with Crippen LogP contribution in [0.2, 0.25) is 0 Å². The van der Waals surface area contributed by atoms with Crippen molar-refractivity contribution in [3.05, 3.63) is 29.7 Å². The third-order valence-corrected chi connectivity index (χ3v) is 6.19. The summed E-state index contributed by atoms with van der Waals surface area (Å²) in [5.41, 5.74) is 5.05. The lowest BCUT2D eigenvalue weighted by atomic mass is 10.0. The van der Waals surface area contributed by atoms with E-state index in [4.69, 9.17) is 15.2 Å². The Labute approximate surface area is 207 Å². The van der Waals surface area contributed by atoms with Crippen LogP contribution < -0.4 is 11.4 Å². The van der Waals surface area contributed by atoms with Gasteiger partial charge in [0.1, 0.15) is 5.82 Å². The number of aliphatic hydroxyl groups is 1. The number of nitrogen functional groups attached to an aromatic ring is 1. The molecule has 1 rings (SSSR count). The average Bonchev–Trinajstić information content (AvgIpc) is 2.83. The maximum Gasteiger partial charge on any atom is 0.349 e. The molecule has 0 aromatic carbocycles. The lowest BCUT2D eigenvalue weighted by molar-refractivity contribution is -0.0628. The van der Waals surface area contributed by atoms with Gasteiger partial charge in [-0.2, -0.15) is 4.98 Å². The van der Waals surface area contributed by atoms with Crippen molar-refractivity contribution >= 4 is 5.82 Å². The standard InChI is InChI=1S/C27H50N3O4/c1-3-5-6-7-8-9-10-11-12-13-14-15-16-17-20-33-24(4-2)23-34-25(22-31)21-30-19-18-26(28)29-27(30)32/h18-19,24-25,31H,2-17,20-23H2,1H3,(H2,28,29,32)/t24?,25-/m0/s1. The molecule has 34 heavy (non-hydrogen) atoms. The molecule has 0 saturated carbocycles. The van der Waals surface area contributed by atoms with Crippen LogP contribution in [0, 0.1) is 6.92 Å². The highest BCUT2D eigenvalue weighted by Crippen LogP contribution is 2.13. The predicted octanol–water partition coefficient (Wildman–Crippen LogP) is 5.29. The number of aliphatic hydroxyl groups excluding tert-OH is 1. The molecule has 1 heterocycles. The van der Waals surface area contributed by atoms with Crippen molar-refractivity contribution in [2.75, 3.05) is 25.6 Å². The van der Waals surface area contributed by atoms with E-state index >= 15 is 0 Å². The fourth-order valence-electron chi connectivity index (χ4n) is 3.97. The van der Waals surface area contributed by atoms with Gasteiger partial charge in [0.15, 0.2) is 0 Å². The molecule has 3 N–H and O–H groups in total. The molecular formula is C27H50N3O4. The molecule has 0 aliphatic rings. The summed E-state index contributed by atoms with van der Waals surface area (Å²) in [5.74, 6) is 0.178. The zero-order valence-electron chi connectivity index (χ0n) is 21.6. The molecule has 7 heteroatoms. The molecule has 0 aliphatic heterocycles. The Kier molecular flexibility index (Phi) is 18.8. The fraction of sp³-hybridized carbons (Fsp3) is 0.815. The topological polar surface area (TPSA) is 99.6 Å². The van der Waals surface area contributed by atoms with Crippen molar-refractivity contribution in [2.24, 2.45) is 0 Å². The highest BCUT2D eigenvalue weighted by molar-refractivity contribution is 5.23. The summed E-state index contributed by atoms with van der Waals surface area (Å²) >= 11 is 0. The molecular weight excluding hydrogens is 430 g/mol. The van der Waals surface area contributed by atoms with Gasteiger partial charge in [-0.3, -0.25) is 4.57 Å². The van der Waals surface area contributed by atoms with Crippen molar-refractivity contribution in [2.45, 2.75) is 122 Å². The van der Waals surface area contributed by atoms with E-state index in [2.05, 4.69) is 18.8 Å². The van der Waals surface area contributed by atoms with E-state index in [1.807, 2.05) is 0 Å². The average molecular weight is 481 g/mol. The molecule has 0 aliphatic carbocycles. The Morgan fingerprint density at radius 2 is 1.50 bits per heavy atom. The summed E-state index contributed by atoms with van der Waals surface area (Å²) in [6, 6.07) is 1.55. The van der Waals surface area contributed by atoms with Crippen molar-refractivity contribution < 1.29 is 14.6 Å². The highest BCUT2D eigenvalue weighted by atomic mass is 16.5. The van der Waals surface area contributed by atoms with Gasteiger partial charge in [0.2, 0.25) is 0 Å². The Morgan fingerprint density at radius 3 is 2.00 bits per heavy atom. The first-order valence-electron chi connectivity index (χ1n) is 13.6. The van der Waals surface area contributed by atoms with Gasteiger partial charge < -0.3 is 20.3 Å². The Hall–Kier alpha value is -1.44. The van der Waals surface area contributed by atoms with Crippen LogP contribution in [-0.2, 0) is 16.0 Å². The fourth-order valence-corrected chi connectivity index (χ4v) is 3.97. The van der Waals surface area contributed by atoms with Crippen molar-refractivity contribution in [3.63, 3.8) is 0 Å². The second-order valence-corrected chi connectivity index (χ2v) is 9.30. The Balaban J connectivity index is 2.02. The van der Waals surface area contributed by atoms with E-state index in [1.54, 1.807) is 12.3 Å². The minimum atomic E-state index is -0.512. The third-order valence-electron chi connectivity index (χ3n) is 6.19. The van der Waals surface area contributed by atoms with Crippen LogP contribution in [0.1, 0.15) is 103 Å². The number of ether oxygens (including phenoxy) is 2. The largest absolute Gasteiger partial charge is 0.394 e. The van der Waals surface area contributed by atoms with Gasteiger partial charge in [0, 0.05) is 12.8 Å². The molecule has 0 fully saturated rings. The Bertz CT molecular complexity index is 653. The summed E-state index contributed by atoms with van der Waals surface area (Å²) in [6.45, 7) is 7.27. The quantitative estimate of drug-likeness (QED) is 0.206. The smallest absolute Gasteiger partial charge is 0.349 e. The minimum absolute atomic E-state index is 0.114. The van der Waals surface area contributed by atoms with Crippen LogP contribution >= 0.6 is 0 Å². The van der Waals surface area contributed by atoms with E-state index in [-0.39, 0.29) is 25.1 Å². The van der Waals surface area contributed by atoms with E-state index in [9.17, 15) is 9.90 Å². The summed E-state index contributed by atoms with van der Waals surface area (Å²) in [6.07, 6.45) is 20.2. The second kappa shape index (κ2) is 20.9. The molecule has 0 bridgehead atoms. The lowest BCUT2D eigenvalue weighted by Crippen LogP contribution is -2.34. The van der Waals surface area contributed by atoms with Gasteiger partial charge in [-0.1, -0.05) is 97.3 Å². The summed E-state index contributed by atoms with van der Waals surface area (Å²) in [5, 5.41) is 9.59. The van der Waals surface area contributed by atoms with Crippen LogP contribution in [0.5, 0.6) is 0 Å². The van der Waals surface area contributed by atoms with E-state index in [0.29, 0.717) is 19.6 Å². The van der Waals surface area contributed by atoms with Crippen LogP contribution in [0.15, 0.2) is 17.1 Å². The molecule has 2 atom stereocenters. The molecule has 1 aromatic rings. The number of nitrogens with zero attached hydrogens (tertiary/aromatic N) is 2. The first-order chi connectivity index (χ1) is 16.6. The maximum absolute atomic E-state index is 11.9. The monoisotopic (exact) mass is 480 g/mol. The Morgan fingerprint density at radius 1 is 0.941 bits per heavy atom. The summed E-state index contributed by atoms with van der Waals surface area (Å²) in [4.78, 5) is 15.5. The van der Waals surface area contributed by atoms with Gasteiger partial charge in [-0.25, -0.2) is 4.79 Å². The number of unbranched alkanes of at least 4 members (excludes halogenated alkanes) is 13. The molecule has 7 nitrogen and oxygen atoms in total. The number of aromatic nitrogens is 2. The molecule has 1 radical (unpaired) electrons. The number of anilines is 1. The van der Waals surface area contributed by atoms with Crippen LogP contribution in [-0.4, -0.2) is 46.7 Å². The maximum atomic E-state index is 11.9. The van der Waals surface area contributed by atoms with Crippen LogP contribution in [0.4, 0.5) is 5.82 Å². The van der Waals surface area contributed by atoms with Gasteiger partial charge >= 0.3 is 5.69 Å². The molecule has 1 unspecified atom stereocenters. The van der Waals surface area contributed by atoms with E-state index in [1.165, 1.54) is 88.0 Å². The molecule has 0 amide bonds. The van der Waals surface area contributed by atoms with Gasteiger partial charge in [0.05, 0.1) is 32.0 Å². The number of rotatable bonds is 23. The zero-order valence-corrected chi connectivity index (χ0v) is 21.6. The van der Waals surface area contributed by atoms with Crippen LogP contribution in [0.25, 0.3) is 0 Å².